The van der Waals surface area contributed by atoms with Crippen molar-refractivity contribution < 1.29 is 9.66 Å². The van der Waals surface area contributed by atoms with Crippen LogP contribution in [0.1, 0.15) is 5.56 Å². The number of nitrogens with one attached hydrogen (secondary N) is 1. The van der Waals surface area contributed by atoms with E-state index < -0.39 is 4.92 Å². The predicted octanol–water partition coefficient (Wildman–Crippen LogP) is 3.88. The molecule has 0 saturated carbocycles. The van der Waals surface area contributed by atoms with Crippen molar-refractivity contribution in [3.8, 4) is 5.88 Å². The van der Waals surface area contributed by atoms with Crippen molar-refractivity contribution in [1.29, 1.82) is 0 Å². The van der Waals surface area contributed by atoms with E-state index >= 15 is 0 Å². The highest BCUT2D eigenvalue weighted by molar-refractivity contribution is 7.98. The topological polar surface area (TPSA) is 90.2 Å². The molecule has 0 radical (unpaired) electrons. The Morgan fingerprint density at radius 1 is 1.24 bits per heavy atom. The maximum absolute atomic E-state index is 11.4. The Morgan fingerprint density at radius 3 is 2.64 bits per heavy atom. The smallest absolute Gasteiger partial charge is 0.311 e. The van der Waals surface area contributed by atoms with Crippen LogP contribution in [0.5, 0.6) is 5.88 Å². The van der Waals surface area contributed by atoms with Crippen LogP contribution >= 0.6 is 11.8 Å². The van der Waals surface area contributed by atoms with Gasteiger partial charge in [0.1, 0.15) is 11.9 Å². The summed E-state index contributed by atoms with van der Waals surface area (Å²) in [4.78, 5) is 20.4. The first kappa shape index (κ1) is 17.0. The van der Waals surface area contributed by atoms with Crippen LogP contribution in [0.15, 0.2) is 47.5 Å². The minimum Gasteiger partial charge on any atom is -0.481 e. The Labute approximate surface area is 148 Å². The van der Waals surface area contributed by atoms with Gasteiger partial charge < -0.3 is 10.1 Å². The molecular weight excluding hydrogens is 340 g/mol. The van der Waals surface area contributed by atoms with E-state index in [4.69, 9.17) is 4.74 Å². The number of rotatable bonds is 6. The summed E-state index contributed by atoms with van der Waals surface area (Å²) in [5.41, 5.74) is 1.74. The Balaban J connectivity index is 1.96. The zero-order chi connectivity index (χ0) is 17.8. The second-order valence-corrected chi connectivity index (χ2v) is 6.08. The van der Waals surface area contributed by atoms with E-state index in [-0.39, 0.29) is 5.69 Å². The summed E-state index contributed by atoms with van der Waals surface area (Å²) in [5, 5.41) is 15.1. The number of hydrogen-bond donors (Lipinski definition) is 1. The highest BCUT2D eigenvalue weighted by atomic mass is 32.2. The average Bonchev–Trinajstić information content (AvgIpc) is 2.65. The normalized spacial score (nSPS) is 10.6. The van der Waals surface area contributed by atoms with E-state index in [2.05, 4.69) is 15.3 Å². The van der Waals surface area contributed by atoms with Crippen molar-refractivity contribution in [3.05, 3.63) is 58.3 Å². The third-order valence-corrected chi connectivity index (χ3v) is 4.46. The molecular formula is C17H16N4O3S. The number of nitrogens with zero attached hydrogens (tertiary/aromatic N) is 3. The number of benzene rings is 1. The monoisotopic (exact) mass is 356 g/mol. The number of hydrogen-bond acceptors (Lipinski definition) is 7. The molecule has 0 aliphatic heterocycles. The summed E-state index contributed by atoms with van der Waals surface area (Å²) in [6, 6.07) is 11.4. The SMILES string of the molecule is COc1ccc2c(NCc3ccc(SC)cc3)c([N+](=O)[O-])cnc2n1. The van der Waals surface area contributed by atoms with Crippen LogP contribution in [0.2, 0.25) is 0 Å². The van der Waals surface area contributed by atoms with Crippen molar-refractivity contribution in [2.75, 3.05) is 18.7 Å². The van der Waals surface area contributed by atoms with Crippen LogP contribution in [0.3, 0.4) is 0 Å². The van der Waals surface area contributed by atoms with Crippen molar-refractivity contribution in [3.63, 3.8) is 0 Å². The van der Waals surface area contributed by atoms with Gasteiger partial charge in [-0.15, -0.1) is 11.8 Å². The molecule has 128 valence electrons. The highest BCUT2D eigenvalue weighted by Gasteiger charge is 2.19. The van der Waals surface area contributed by atoms with Crippen LogP contribution in [0.25, 0.3) is 11.0 Å². The molecule has 1 aromatic carbocycles. The van der Waals surface area contributed by atoms with Crippen molar-refractivity contribution in [2.24, 2.45) is 0 Å². The van der Waals surface area contributed by atoms with E-state index in [0.717, 1.165) is 5.56 Å². The molecule has 0 amide bonds. The van der Waals surface area contributed by atoms with Gasteiger partial charge in [-0.1, -0.05) is 12.1 Å². The number of ether oxygens (including phenoxy) is 1. The van der Waals surface area contributed by atoms with Crippen LogP contribution in [0.4, 0.5) is 11.4 Å². The highest BCUT2D eigenvalue weighted by Crippen LogP contribution is 2.32. The molecule has 0 fully saturated rings. The fourth-order valence-electron chi connectivity index (χ4n) is 2.42. The second kappa shape index (κ2) is 7.35. The molecule has 3 rings (SSSR count). The maximum atomic E-state index is 11.4. The minimum absolute atomic E-state index is 0.0831. The van der Waals surface area contributed by atoms with Gasteiger partial charge in [0.2, 0.25) is 5.88 Å². The van der Waals surface area contributed by atoms with Gasteiger partial charge in [0.15, 0.2) is 5.65 Å². The van der Waals surface area contributed by atoms with Gasteiger partial charge in [0.05, 0.1) is 12.0 Å². The Bertz CT molecular complexity index is 916. The van der Waals surface area contributed by atoms with Gasteiger partial charge in [0.25, 0.3) is 0 Å². The van der Waals surface area contributed by atoms with Gasteiger partial charge in [-0.05, 0) is 30.0 Å². The van der Waals surface area contributed by atoms with Crippen LogP contribution in [0, 0.1) is 10.1 Å². The lowest BCUT2D eigenvalue weighted by Gasteiger charge is -2.10. The molecule has 2 aromatic heterocycles. The van der Waals surface area contributed by atoms with Crippen molar-refractivity contribution in [2.45, 2.75) is 11.4 Å². The summed E-state index contributed by atoms with van der Waals surface area (Å²) in [7, 11) is 1.51. The van der Waals surface area contributed by atoms with E-state index in [9.17, 15) is 10.1 Å². The van der Waals surface area contributed by atoms with E-state index in [0.29, 0.717) is 29.1 Å². The zero-order valence-corrected chi connectivity index (χ0v) is 14.5. The first-order valence-corrected chi connectivity index (χ1v) is 8.70. The number of aromatic nitrogens is 2. The van der Waals surface area contributed by atoms with Crippen LogP contribution in [-0.2, 0) is 6.54 Å². The number of methoxy groups -OCH3 is 1. The summed E-state index contributed by atoms with van der Waals surface area (Å²) >= 11 is 1.67. The van der Waals surface area contributed by atoms with Crippen LogP contribution < -0.4 is 10.1 Å². The molecule has 0 atom stereocenters. The standard InChI is InChI=1S/C17H16N4O3S/c1-24-15-8-7-13-16(14(21(22)23)10-19-17(13)20-15)18-9-11-3-5-12(25-2)6-4-11/h3-8,10H,9H2,1-2H3,(H,18,19,20). The van der Waals surface area contributed by atoms with E-state index in [1.165, 1.54) is 18.2 Å². The fraction of sp³-hybridized carbons (Fsp3) is 0.176. The van der Waals surface area contributed by atoms with Gasteiger partial charge >= 0.3 is 5.69 Å². The first-order chi connectivity index (χ1) is 12.1. The van der Waals surface area contributed by atoms with Gasteiger partial charge in [-0.2, -0.15) is 4.98 Å². The lowest BCUT2D eigenvalue weighted by molar-refractivity contribution is -0.384. The maximum Gasteiger partial charge on any atom is 0.311 e. The number of pyridine rings is 2. The minimum atomic E-state index is -0.449. The third kappa shape index (κ3) is 3.63. The molecule has 2 heterocycles. The van der Waals surface area contributed by atoms with Crippen molar-refractivity contribution in [1.82, 2.24) is 9.97 Å². The van der Waals surface area contributed by atoms with Crippen LogP contribution in [-0.4, -0.2) is 28.3 Å². The molecule has 7 nitrogen and oxygen atoms in total. The Kier molecular flexibility index (Phi) is 4.99. The molecule has 8 heteroatoms. The molecule has 0 bridgehead atoms. The zero-order valence-electron chi connectivity index (χ0n) is 13.7. The van der Waals surface area contributed by atoms with Gasteiger partial charge in [-0.3, -0.25) is 10.1 Å². The molecule has 3 aromatic rings. The summed E-state index contributed by atoms with van der Waals surface area (Å²) < 4.78 is 5.08. The summed E-state index contributed by atoms with van der Waals surface area (Å²) in [5.74, 6) is 0.410. The van der Waals surface area contributed by atoms with Crippen molar-refractivity contribution >= 4 is 34.2 Å². The summed E-state index contributed by atoms with van der Waals surface area (Å²) in [6.45, 7) is 0.459. The number of nitro groups is 1. The predicted molar refractivity (Wildman–Crippen MR) is 98.3 cm³/mol. The van der Waals surface area contributed by atoms with Gasteiger partial charge in [0, 0.05) is 22.9 Å². The quantitative estimate of drug-likeness (QED) is 0.407. The average molecular weight is 356 g/mol. The number of thioether (sulfide) groups is 1. The molecule has 0 unspecified atom stereocenters. The number of fused-ring (bicyclic) bond motifs is 1. The Morgan fingerprint density at radius 2 is 2.00 bits per heavy atom. The first-order valence-electron chi connectivity index (χ1n) is 7.47. The second-order valence-electron chi connectivity index (χ2n) is 5.20. The van der Waals surface area contributed by atoms with E-state index in [1.54, 1.807) is 23.9 Å². The summed E-state index contributed by atoms with van der Waals surface area (Å²) in [6.07, 6.45) is 3.23. The molecule has 0 aliphatic rings. The Hall–Kier alpha value is -2.87. The molecule has 0 saturated heterocycles. The van der Waals surface area contributed by atoms with E-state index in [1.807, 2.05) is 30.5 Å². The number of anilines is 1. The lowest BCUT2D eigenvalue weighted by atomic mass is 10.2. The molecule has 1 N–H and O–H groups in total. The molecule has 0 aliphatic carbocycles. The molecule has 25 heavy (non-hydrogen) atoms. The third-order valence-electron chi connectivity index (χ3n) is 3.72. The lowest BCUT2D eigenvalue weighted by Crippen LogP contribution is -2.05. The largest absolute Gasteiger partial charge is 0.481 e. The van der Waals surface area contributed by atoms with Gasteiger partial charge in [-0.25, -0.2) is 4.98 Å². The fourth-order valence-corrected chi connectivity index (χ4v) is 2.83. The molecule has 0 spiro atoms.